The third kappa shape index (κ3) is 3.26. The Morgan fingerprint density at radius 3 is 2.68 bits per heavy atom. The number of amides is 1. The molecule has 2 rings (SSSR count). The number of hydrogen-bond acceptors (Lipinski definition) is 2. The minimum Gasteiger partial charge on any atom is -0.481 e. The minimum atomic E-state index is -0.762. The summed E-state index contributed by atoms with van der Waals surface area (Å²) in [6.07, 6.45) is 1.92. The van der Waals surface area contributed by atoms with Gasteiger partial charge < -0.3 is 10.4 Å². The second-order valence-corrected chi connectivity index (χ2v) is 6.11. The Kier molecular flexibility index (Phi) is 4.44. The third-order valence-electron chi connectivity index (χ3n) is 3.57. The zero-order chi connectivity index (χ0) is 14.0. The number of halogens is 1. The first-order chi connectivity index (χ1) is 8.99. The Balaban J connectivity index is 2.05. The van der Waals surface area contributed by atoms with Crippen molar-refractivity contribution in [3.63, 3.8) is 0 Å². The highest BCUT2D eigenvalue weighted by atomic mass is 127. The molecular formula is C14H16INO3. The molecule has 0 unspecified atom stereocenters. The van der Waals surface area contributed by atoms with Gasteiger partial charge in [-0.15, -0.1) is 0 Å². The van der Waals surface area contributed by atoms with Crippen molar-refractivity contribution >= 4 is 34.5 Å². The SMILES string of the molecule is Cc1cccc(I)c1C(=O)N[C@@H]1CC[C@H](C(=O)O)C1. The summed E-state index contributed by atoms with van der Waals surface area (Å²) in [6, 6.07) is 5.70. The van der Waals surface area contributed by atoms with Crippen LogP contribution in [0.25, 0.3) is 0 Å². The standard InChI is InChI=1S/C14H16INO3/c1-8-3-2-4-11(15)12(8)13(17)16-10-6-5-9(7-10)14(18)19/h2-4,9-10H,5-7H2,1H3,(H,16,17)(H,18,19)/t9-,10+/m0/s1. The maximum absolute atomic E-state index is 12.3. The molecule has 0 aliphatic heterocycles. The van der Waals surface area contributed by atoms with Gasteiger partial charge in [-0.25, -0.2) is 0 Å². The van der Waals surface area contributed by atoms with Crippen LogP contribution in [-0.4, -0.2) is 23.0 Å². The highest BCUT2D eigenvalue weighted by Gasteiger charge is 2.31. The lowest BCUT2D eigenvalue weighted by atomic mass is 10.1. The summed E-state index contributed by atoms with van der Waals surface area (Å²) in [5.74, 6) is -1.18. The smallest absolute Gasteiger partial charge is 0.306 e. The van der Waals surface area contributed by atoms with Gasteiger partial charge in [0.1, 0.15) is 0 Å². The van der Waals surface area contributed by atoms with Crippen molar-refractivity contribution < 1.29 is 14.7 Å². The normalized spacial score (nSPS) is 22.2. The lowest BCUT2D eigenvalue weighted by Crippen LogP contribution is -2.34. The molecule has 1 aliphatic rings. The van der Waals surface area contributed by atoms with Gasteiger partial charge in [0.2, 0.25) is 0 Å². The second kappa shape index (κ2) is 5.90. The van der Waals surface area contributed by atoms with Gasteiger partial charge in [0.05, 0.1) is 11.5 Å². The number of hydrogen-bond donors (Lipinski definition) is 2. The molecule has 2 atom stereocenters. The predicted octanol–water partition coefficient (Wildman–Crippen LogP) is 2.58. The van der Waals surface area contributed by atoms with Crippen molar-refractivity contribution in [2.75, 3.05) is 0 Å². The van der Waals surface area contributed by atoms with Crippen molar-refractivity contribution in [3.8, 4) is 0 Å². The zero-order valence-corrected chi connectivity index (χ0v) is 12.8. The predicted molar refractivity (Wildman–Crippen MR) is 80.1 cm³/mol. The van der Waals surface area contributed by atoms with Gasteiger partial charge in [0.25, 0.3) is 5.91 Å². The molecule has 19 heavy (non-hydrogen) atoms. The fourth-order valence-electron chi connectivity index (χ4n) is 2.51. The number of carbonyl (C=O) groups is 2. The maximum Gasteiger partial charge on any atom is 0.306 e. The Hall–Kier alpha value is -1.11. The van der Waals surface area contributed by atoms with Gasteiger partial charge in [-0.05, 0) is 60.4 Å². The fraction of sp³-hybridized carbons (Fsp3) is 0.429. The van der Waals surface area contributed by atoms with Crippen molar-refractivity contribution in [2.45, 2.75) is 32.2 Å². The maximum atomic E-state index is 12.3. The van der Waals surface area contributed by atoms with Crippen molar-refractivity contribution in [1.82, 2.24) is 5.32 Å². The van der Waals surface area contributed by atoms with E-state index in [0.29, 0.717) is 18.4 Å². The Morgan fingerprint density at radius 2 is 2.11 bits per heavy atom. The molecule has 4 nitrogen and oxygen atoms in total. The molecular weight excluding hydrogens is 357 g/mol. The van der Waals surface area contributed by atoms with Gasteiger partial charge in [0.15, 0.2) is 0 Å². The van der Waals surface area contributed by atoms with Gasteiger partial charge >= 0.3 is 5.97 Å². The molecule has 1 aromatic rings. The van der Waals surface area contributed by atoms with Crippen molar-refractivity contribution in [3.05, 3.63) is 32.9 Å². The summed E-state index contributed by atoms with van der Waals surface area (Å²) in [6.45, 7) is 1.91. The summed E-state index contributed by atoms with van der Waals surface area (Å²) in [7, 11) is 0. The van der Waals surface area contributed by atoms with Gasteiger partial charge in [-0.2, -0.15) is 0 Å². The highest BCUT2D eigenvalue weighted by Crippen LogP contribution is 2.26. The average Bonchev–Trinajstić information content (AvgIpc) is 2.77. The van der Waals surface area contributed by atoms with E-state index >= 15 is 0 Å². The number of carbonyl (C=O) groups excluding carboxylic acids is 1. The molecule has 0 heterocycles. The third-order valence-corrected chi connectivity index (χ3v) is 4.47. The van der Waals surface area contributed by atoms with Crippen LogP contribution in [0.15, 0.2) is 18.2 Å². The van der Waals surface area contributed by atoms with Crippen molar-refractivity contribution in [2.24, 2.45) is 5.92 Å². The minimum absolute atomic E-state index is 0.0241. The largest absolute Gasteiger partial charge is 0.481 e. The van der Waals surface area contributed by atoms with E-state index in [4.69, 9.17) is 5.11 Å². The molecule has 1 aliphatic carbocycles. The van der Waals surface area contributed by atoms with E-state index < -0.39 is 5.97 Å². The molecule has 0 bridgehead atoms. The monoisotopic (exact) mass is 373 g/mol. The molecule has 1 fully saturated rings. The van der Waals surface area contributed by atoms with Crippen LogP contribution in [-0.2, 0) is 4.79 Å². The topological polar surface area (TPSA) is 66.4 Å². The summed E-state index contributed by atoms with van der Waals surface area (Å²) < 4.78 is 0.919. The van der Waals surface area contributed by atoms with Crippen LogP contribution in [0.5, 0.6) is 0 Å². The van der Waals surface area contributed by atoms with Crippen LogP contribution < -0.4 is 5.32 Å². The average molecular weight is 373 g/mol. The van der Waals surface area contributed by atoms with E-state index in [9.17, 15) is 9.59 Å². The molecule has 1 saturated carbocycles. The van der Waals surface area contributed by atoms with Gasteiger partial charge in [0, 0.05) is 9.61 Å². The van der Waals surface area contributed by atoms with Crippen LogP contribution in [0.2, 0.25) is 0 Å². The molecule has 5 heteroatoms. The summed E-state index contributed by atoms with van der Waals surface area (Å²) in [4.78, 5) is 23.2. The van der Waals surface area contributed by atoms with Crippen LogP contribution in [0.1, 0.15) is 35.2 Å². The molecule has 0 spiro atoms. The zero-order valence-electron chi connectivity index (χ0n) is 10.6. The molecule has 102 valence electrons. The number of benzene rings is 1. The molecule has 1 amide bonds. The Morgan fingerprint density at radius 1 is 1.37 bits per heavy atom. The molecule has 0 radical (unpaired) electrons. The van der Waals surface area contributed by atoms with E-state index in [0.717, 1.165) is 15.6 Å². The number of carboxylic acid groups (broad SMARTS) is 1. The van der Waals surface area contributed by atoms with E-state index in [1.165, 1.54) is 0 Å². The van der Waals surface area contributed by atoms with Crippen LogP contribution in [0.3, 0.4) is 0 Å². The fourth-order valence-corrected chi connectivity index (χ4v) is 3.39. The molecule has 1 aromatic carbocycles. The number of rotatable bonds is 3. The van der Waals surface area contributed by atoms with E-state index in [2.05, 4.69) is 27.9 Å². The highest BCUT2D eigenvalue weighted by molar-refractivity contribution is 14.1. The van der Waals surface area contributed by atoms with E-state index in [1.807, 2.05) is 25.1 Å². The summed E-state index contributed by atoms with van der Waals surface area (Å²) in [5.41, 5.74) is 1.64. The van der Waals surface area contributed by atoms with E-state index in [-0.39, 0.29) is 17.9 Å². The van der Waals surface area contributed by atoms with Crippen LogP contribution in [0, 0.1) is 16.4 Å². The van der Waals surface area contributed by atoms with Crippen LogP contribution in [0.4, 0.5) is 0 Å². The molecule has 0 aromatic heterocycles. The second-order valence-electron chi connectivity index (χ2n) is 4.95. The van der Waals surface area contributed by atoms with Gasteiger partial charge in [-0.1, -0.05) is 12.1 Å². The first kappa shape index (κ1) is 14.3. The lowest BCUT2D eigenvalue weighted by Gasteiger charge is -2.14. The van der Waals surface area contributed by atoms with Gasteiger partial charge in [-0.3, -0.25) is 9.59 Å². The van der Waals surface area contributed by atoms with Crippen molar-refractivity contribution in [1.29, 1.82) is 0 Å². The number of carboxylic acids is 1. The quantitative estimate of drug-likeness (QED) is 0.801. The first-order valence-electron chi connectivity index (χ1n) is 6.28. The first-order valence-corrected chi connectivity index (χ1v) is 7.35. The number of nitrogens with one attached hydrogen (secondary N) is 1. The Labute approximate surface area is 125 Å². The van der Waals surface area contributed by atoms with E-state index in [1.54, 1.807) is 0 Å². The summed E-state index contributed by atoms with van der Waals surface area (Å²) in [5, 5.41) is 11.9. The molecule has 2 N–H and O–H groups in total. The Bertz CT molecular complexity index is 495. The van der Waals surface area contributed by atoms with Crippen LogP contribution >= 0.6 is 22.6 Å². The lowest BCUT2D eigenvalue weighted by molar-refractivity contribution is -0.141. The summed E-state index contributed by atoms with van der Waals surface area (Å²) >= 11 is 2.15. The number of aliphatic carboxylic acids is 1. The molecule has 0 saturated heterocycles. The number of aryl methyl sites for hydroxylation is 1.